The van der Waals surface area contributed by atoms with Crippen molar-refractivity contribution in [2.24, 2.45) is 5.92 Å². The van der Waals surface area contributed by atoms with Crippen LogP contribution < -0.4 is 9.62 Å². The molecule has 0 radical (unpaired) electrons. The number of anilines is 2. The van der Waals surface area contributed by atoms with Gasteiger partial charge in [0.1, 0.15) is 0 Å². The van der Waals surface area contributed by atoms with Gasteiger partial charge in [-0.1, -0.05) is 31.7 Å². The average Bonchev–Trinajstić information content (AvgIpc) is 3.37. The fourth-order valence-corrected chi connectivity index (χ4v) is 6.55. The molecular formula is C21H27N3O3S2. The van der Waals surface area contributed by atoms with Crippen LogP contribution in [-0.4, -0.2) is 31.6 Å². The van der Waals surface area contributed by atoms with E-state index < -0.39 is 10.0 Å². The lowest BCUT2D eigenvalue weighted by Crippen LogP contribution is -2.34. The first-order valence-corrected chi connectivity index (χ1v) is 12.9. The van der Waals surface area contributed by atoms with Gasteiger partial charge in [-0.25, -0.2) is 13.4 Å². The van der Waals surface area contributed by atoms with Crippen LogP contribution in [0.25, 0.3) is 11.3 Å². The van der Waals surface area contributed by atoms with Gasteiger partial charge in [0.2, 0.25) is 15.9 Å². The summed E-state index contributed by atoms with van der Waals surface area (Å²) in [6.45, 7) is 1.92. The zero-order valence-corrected chi connectivity index (χ0v) is 18.5. The summed E-state index contributed by atoms with van der Waals surface area (Å²) in [7, 11) is -3.29. The van der Waals surface area contributed by atoms with Crippen molar-refractivity contribution in [1.29, 1.82) is 0 Å². The van der Waals surface area contributed by atoms with Crippen LogP contribution in [0.5, 0.6) is 0 Å². The molecule has 0 spiro atoms. The quantitative estimate of drug-likeness (QED) is 0.731. The van der Waals surface area contributed by atoms with Crippen molar-refractivity contribution in [3.8, 4) is 11.3 Å². The summed E-state index contributed by atoms with van der Waals surface area (Å²) in [6, 6.07) is 5.68. The molecule has 2 heterocycles. The molecule has 1 aromatic heterocycles. The Hall–Kier alpha value is -1.93. The second-order valence-electron chi connectivity index (χ2n) is 8.23. The molecule has 29 heavy (non-hydrogen) atoms. The van der Waals surface area contributed by atoms with Crippen molar-refractivity contribution in [3.05, 3.63) is 29.1 Å². The maximum Gasteiger partial charge on any atom is 0.232 e. The second kappa shape index (κ2) is 8.07. The third-order valence-electron chi connectivity index (χ3n) is 5.89. The third kappa shape index (κ3) is 4.48. The molecule has 1 amide bonds. The van der Waals surface area contributed by atoms with E-state index in [0.717, 1.165) is 28.9 Å². The molecule has 6 nitrogen and oxygen atoms in total. The van der Waals surface area contributed by atoms with Crippen LogP contribution >= 0.6 is 11.3 Å². The molecule has 1 atom stereocenters. The molecule has 1 saturated carbocycles. The summed E-state index contributed by atoms with van der Waals surface area (Å²) in [6.07, 6.45) is 8.54. The average molecular weight is 434 g/mol. The number of rotatable bonds is 6. The van der Waals surface area contributed by atoms with E-state index in [1.807, 2.05) is 30.5 Å². The van der Waals surface area contributed by atoms with Gasteiger partial charge >= 0.3 is 0 Å². The molecule has 8 heteroatoms. The molecule has 2 aromatic rings. The van der Waals surface area contributed by atoms with Crippen LogP contribution in [0.3, 0.4) is 0 Å². The Morgan fingerprint density at radius 1 is 1.31 bits per heavy atom. The number of amides is 1. The number of sulfonamides is 1. The van der Waals surface area contributed by atoms with E-state index in [2.05, 4.69) is 10.3 Å². The monoisotopic (exact) mass is 433 g/mol. The van der Waals surface area contributed by atoms with E-state index in [1.165, 1.54) is 47.6 Å². The third-order valence-corrected chi connectivity index (χ3v) is 7.92. The molecule has 1 fully saturated rings. The minimum Gasteiger partial charge on any atom is -0.302 e. The van der Waals surface area contributed by atoms with Gasteiger partial charge in [0.25, 0.3) is 0 Å². The van der Waals surface area contributed by atoms with Crippen molar-refractivity contribution < 1.29 is 13.2 Å². The summed E-state index contributed by atoms with van der Waals surface area (Å²) >= 11 is 1.42. The molecule has 1 N–H and O–H groups in total. The lowest BCUT2D eigenvalue weighted by molar-refractivity contribution is -0.116. The van der Waals surface area contributed by atoms with Crippen LogP contribution in [0.1, 0.15) is 51.0 Å². The maximum atomic E-state index is 12.2. The lowest BCUT2D eigenvalue weighted by atomic mass is 10.0. The minimum atomic E-state index is -3.29. The summed E-state index contributed by atoms with van der Waals surface area (Å²) in [5, 5.41) is 5.47. The van der Waals surface area contributed by atoms with E-state index in [9.17, 15) is 13.2 Å². The SMILES string of the molecule is C[C@H]1Cc2cc(-c3csc(NC(=O)CCC4CCCC4)n3)ccc2N1S(C)(=O)=O. The Bertz CT molecular complexity index is 1010. The molecule has 1 aromatic carbocycles. The van der Waals surface area contributed by atoms with E-state index in [-0.39, 0.29) is 11.9 Å². The van der Waals surface area contributed by atoms with E-state index in [1.54, 1.807) is 0 Å². The number of hydrogen-bond acceptors (Lipinski definition) is 5. The first-order valence-electron chi connectivity index (χ1n) is 10.2. The highest BCUT2D eigenvalue weighted by Crippen LogP contribution is 2.37. The zero-order valence-electron chi connectivity index (χ0n) is 16.8. The van der Waals surface area contributed by atoms with Crippen molar-refractivity contribution in [2.45, 2.75) is 57.9 Å². The zero-order chi connectivity index (χ0) is 20.6. The minimum absolute atomic E-state index is 0.0318. The highest BCUT2D eigenvalue weighted by Gasteiger charge is 2.32. The number of thiazole rings is 1. The smallest absolute Gasteiger partial charge is 0.232 e. The highest BCUT2D eigenvalue weighted by molar-refractivity contribution is 7.92. The van der Waals surface area contributed by atoms with Crippen molar-refractivity contribution in [2.75, 3.05) is 15.9 Å². The summed E-state index contributed by atoms with van der Waals surface area (Å²) in [4.78, 5) is 16.8. The largest absolute Gasteiger partial charge is 0.302 e. The van der Waals surface area contributed by atoms with Crippen molar-refractivity contribution in [3.63, 3.8) is 0 Å². The molecule has 0 saturated heterocycles. The van der Waals surface area contributed by atoms with Crippen LogP contribution in [0.4, 0.5) is 10.8 Å². The van der Waals surface area contributed by atoms with Crippen LogP contribution in [0.15, 0.2) is 23.6 Å². The lowest BCUT2D eigenvalue weighted by Gasteiger charge is -2.21. The Labute approximate surface area is 176 Å². The van der Waals surface area contributed by atoms with Crippen molar-refractivity contribution in [1.82, 2.24) is 4.98 Å². The highest BCUT2D eigenvalue weighted by atomic mass is 32.2. The summed E-state index contributed by atoms with van der Waals surface area (Å²) < 4.78 is 25.6. The first kappa shape index (κ1) is 20.3. The number of hydrogen-bond donors (Lipinski definition) is 1. The fourth-order valence-electron chi connectivity index (χ4n) is 4.55. The molecule has 1 aliphatic heterocycles. The van der Waals surface area contributed by atoms with Gasteiger partial charge in [-0.3, -0.25) is 9.10 Å². The standard InChI is InChI=1S/C21H27N3O3S2/c1-14-11-17-12-16(8-9-19(17)24(14)29(2,26)27)18-13-28-21(22-18)23-20(25)10-7-15-5-3-4-6-15/h8-9,12-15H,3-7,10-11H2,1-2H3,(H,22,23,25)/t14-/m0/s1. The van der Waals surface area contributed by atoms with Gasteiger partial charge in [-0.2, -0.15) is 0 Å². The number of fused-ring (bicyclic) bond motifs is 1. The Morgan fingerprint density at radius 3 is 2.79 bits per heavy atom. The Morgan fingerprint density at radius 2 is 2.07 bits per heavy atom. The topological polar surface area (TPSA) is 79.4 Å². The number of benzene rings is 1. The predicted molar refractivity (Wildman–Crippen MR) is 118 cm³/mol. The second-order valence-corrected chi connectivity index (χ2v) is 10.9. The number of nitrogens with one attached hydrogen (secondary N) is 1. The van der Waals surface area contributed by atoms with Gasteiger partial charge in [0, 0.05) is 23.4 Å². The normalized spacial score (nSPS) is 19.5. The predicted octanol–water partition coefficient (Wildman–Crippen LogP) is 4.43. The van der Waals surface area contributed by atoms with Crippen LogP contribution in [-0.2, 0) is 21.2 Å². The molecule has 0 unspecified atom stereocenters. The Balaban J connectivity index is 1.43. The maximum absolute atomic E-state index is 12.2. The fraction of sp³-hybridized carbons (Fsp3) is 0.524. The van der Waals surface area contributed by atoms with Gasteiger partial charge in [0.15, 0.2) is 5.13 Å². The van der Waals surface area contributed by atoms with E-state index in [4.69, 9.17) is 0 Å². The Kier molecular flexibility index (Phi) is 5.66. The number of carbonyl (C=O) groups is 1. The van der Waals surface area contributed by atoms with E-state index in [0.29, 0.717) is 23.9 Å². The number of nitrogens with zero attached hydrogens (tertiary/aromatic N) is 2. The molecular weight excluding hydrogens is 406 g/mol. The molecule has 1 aliphatic carbocycles. The molecule has 2 aliphatic rings. The van der Waals surface area contributed by atoms with Crippen LogP contribution in [0, 0.1) is 5.92 Å². The summed E-state index contributed by atoms with van der Waals surface area (Å²) in [5.41, 5.74) is 3.50. The molecule has 4 rings (SSSR count). The summed E-state index contributed by atoms with van der Waals surface area (Å²) in [5.74, 6) is 0.734. The van der Waals surface area contributed by atoms with Gasteiger partial charge < -0.3 is 5.32 Å². The van der Waals surface area contributed by atoms with Crippen molar-refractivity contribution >= 4 is 38.1 Å². The number of carbonyl (C=O) groups excluding carboxylic acids is 1. The van der Waals surface area contributed by atoms with Gasteiger partial charge in [-0.15, -0.1) is 11.3 Å². The first-order chi connectivity index (χ1) is 13.8. The molecule has 156 valence electrons. The van der Waals surface area contributed by atoms with E-state index >= 15 is 0 Å². The van der Waals surface area contributed by atoms with Crippen LogP contribution in [0.2, 0.25) is 0 Å². The molecule has 0 bridgehead atoms. The number of aromatic nitrogens is 1. The van der Waals surface area contributed by atoms with Gasteiger partial charge in [0.05, 0.1) is 17.6 Å². The van der Waals surface area contributed by atoms with Gasteiger partial charge in [-0.05, 0) is 43.4 Å².